The summed E-state index contributed by atoms with van der Waals surface area (Å²) >= 11 is 0. The fourth-order valence-corrected chi connectivity index (χ4v) is 3.37. The molecule has 0 radical (unpaired) electrons. The maximum absolute atomic E-state index is 6.20. The van der Waals surface area contributed by atoms with Crippen molar-refractivity contribution in [2.24, 2.45) is 0 Å². The highest BCUT2D eigenvalue weighted by atomic mass is 16.6. The molecule has 0 bridgehead atoms. The lowest BCUT2D eigenvalue weighted by atomic mass is 10.2. The van der Waals surface area contributed by atoms with Crippen molar-refractivity contribution in [1.82, 2.24) is 0 Å². The van der Waals surface area contributed by atoms with E-state index in [0.29, 0.717) is 66.1 Å². The Hall–Kier alpha value is -1.80. The van der Waals surface area contributed by atoms with Crippen LogP contribution in [-0.4, -0.2) is 65.1 Å². The van der Waals surface area contributed by atoms with Crippen LogP contribution in [0.1, 0.15) is 24.0 Å². The molecule has 1 aliphatic rings. The molecule has 2 aromatic rings. The highest BCUT2D eigenvalue weighted by Crippen LogP contribution is 2.12. The molecule has 32 heavy (non-hydrogen) atoms. The van der Waals surface area contributed by atoms with Crippen LogP contribution in [0.4, 0.5) is 0 Å². The molecule has 1 heterocycles. The number of benzene rings is 2. The van der Waals surface area contributed by atoms with Gasteiger partial charge in [0.2, 0.25) is 0 Å². The van der Waals surface area contributed by atoms with Crippen molar-refractivity contribution in [1.29, 1.82) is 0 Å². The summed E-state index contributed by atoms with van der Waals surface area (Å²) in [6.45, 7) is 5.63. The Kier molecular flexibility index (Phi) is 12.3. The van der Waals surface area contributed by atoms with E-state index in [1.807, 2.05) is 36.4 Å². The minimum atomic E-state index is -0.224. The molecule has 6 heteroatoms. The highest BCUT2D eigenvalue weighted by molar-refractivity contribution is 5.14. The number of rotatable bonds is 8. The number of hydrogen-bond acceptors (Lipinski definition) is 6. The second-order valence-electron chi connectivity index (χ2n) is 7.75. The summed E-state index contributed by atoms with van der Waals surface area (Å²) in [7, 11) is 0. The third-order valence-corrected chi connectivity index (χ3v) is 5.10. The van der Waals surface area contributed by atoms with Gasteiger partial charge in [0.05, 0.1) is 39.6 Å². The normalized spacial score (nSPS) is 21.6. The third-order valence-electron chi connectivity index (χ3n) is 5.10. The first-order valence-electron chi connectivity index (χ1n) is 11.5. The third kappa shape index (κ3) is 10.2. The molecular formula is C26H36O6. The van der Waals surface area contributed by atoms with Gasteiger partial charge in [-0.05, 0) is 24.0 Å². The largest absolute Gasteiger partial charge is 0.379 e. The standard InChI is InChI=1S/C26H36O6/c1-3-9-23(10-4-1)19-29-21-25-26(22-30-20-24-11-5-2-6-12-24)32-16-8-14-28-18-17-27-13-7-15-31-25/h1-6,9-12,25-26H,7-8,13-22H2/t25-,26?/m0/s1. The summed E-state index contributed by atoms with van der Waals surface area (Å²) in [6.07, 6.45) is 1.18. The smallest absolute Gasteiger partial charge is 0.109 e. The molecule has 1 fully saturated rings. The fourth-order valence-electron chi connectivity index (χ4n) is 3.37. The van der Waals surface area contributed by atoms with Crippen molar-refractivity contribution in [3.8, 4) is 0 Å². The molecule has 1 aliphatic heterocycles. The first-order chi connectivity index (χ1) is 15.9. The van der Waals surface area contributed by atoms with Crippen LogP contribution in [-0.2, 0) is 41.6 Å². The maximum Gasteiger partial charge on any atom is 0.109 e. The van der Waals surface area contributed by atoms with Gasteiger partial charge in [-0.2, -0.15) is 0 Å². The molecule has 2 atom stereocenters. The van der Waals surface area contributed by atoms with Crippen molar-refractivity contribution in [2.45, 2.75) is 38.3 Å². The zero-order valence-electron chi connectivity index (χ0n) is 18.9. The number of ether oxygens (including phenoxy) is 6. The molecule has 0 saturated carbocycles. The van der Waals surface area contributed by atoms with Crippen LogP contribution in [0.3, 0.4) is 0 Å². The monoisotopic (exact) mass is 444 g/mol. The highest BCUT2D eigenvalue weighted by Gasteiger charge is 2.24. The molecule has 0 spiro atoms. The van der Waals surface area contributed by atoms with Crippen LogP contribution in [0, 0.1) is 0 Å². The zero-order chi connectivity index (χ0) is 22.1. The van der Waals surface area contributed by atoms with Gasteiger partial charge in [-0.1, -0.05) is 60.7 Å². The average Bonchev–Trinajstić information content (AvgIpc) is 2.83. The molecule has 0 amide bonds. The minimum absolute atomic E-state index is 0.224. The van der Waals surface area contributed by atoms with Gasteiger partial charge in [-0.25, -0.2) is 0 Å². The summed E-state index contributed by atoms with van der Waals surface area (Å²) in [6, 6.07) is 20.3. The molecule has 1 unspecified atom stereocenters. The van der Waals surface area contributed by atoms with Crippen LogP contribution in [0.5, 0.6) is 0 Å². The molecule has 0 aromatic heterocycles. The van der Waals surface area contributed by atoms with E-state index in [2.05, 4.69) is 24.3 Å². The summed E-state index contributed by atoms with van der Waals surface area (Å²) < 4.78 is 35.6. The van der Waals surface area contributed by atoms with E-state index in [1.54, 1.807) is 0 Å². The average molecular weight is 445 g/mol. The lowest BCUT2D eigenvalue weighted by Crippen LogP contribution is -2.40. The first-order valence-corrected chi connectivity index (χ1v) is 11.5. The van der Waals surface area contributed by atoms with Gasteiger partial charge in [-0.15, -0.1) is 0 Å². The van der Waals surface area contributed by atoms with Crippen molar-refractivity contribution in [3.05, 3.63) is 71.8 Å². The van der Waals surface area contributed by atoms with Crippen LogP contribution >= 0.6 is 0 Å². The molecule has 0 aliphatic carbocycles. The van der Waals surface area contributed by atoms with Crippen LogP contribution < -0.4 is 0 Å². The Balaban J connectivity index is 1.56. The van der Waals surface area contributed by atoms with Crippen LogP contribution in [0.2, 0.25) is 0 Å². The minimum Gasteiger partial charge on any atom is -0.379 e. The van der Waals surface area contributed by atoms with E-state index in [9.17, 15) is 0 Å². The van der Waals surface area contributed by atoms with Crippen molar-refractivity contribution in [3.63, 3.8) is 0 Å². The second-order valence-corrected chi connectivity index (χ2v) is 7.75. The van der Waals surface area contributed by atoms with Gasteiger partial charge in [0.1, 0.15) is 12.2 Å². The Labute approximate surface area is 191 Å². The van der Waals surface area contributed by atoms with Gasteiger partial charge < -0.3 is 28.4 Å². The molecule has 6 nitrogen and oxygen atoms in total. The Morgan fingerprint density at radius 3 is 1.44 bits per heavy atom. The van der Waals surface area contributed by atoms with E-state index in [0.717, 1.165) is 24.0 Å². The van der Waals surface area contributed by atoms with E-state index in [-0.39, 0.29) is 12.2 Å². The van der Waals surface area contributed by atoms with Crippen molar-refractivity contribution in [2.75, 3.05) is 52.9 Å². The molecule has 176 valence electrons. The van der Waals surface area contributed by atoms with E-state index in [1.165, 1.54) is 0 Å². The second kappa shape index (κ2) is 15.9. The summed E-state index contributed by atoms with van der Waals surface area (Å²) in [4.78, 5) is 0. The Morgan fingerprint density at radius 2 is 1.00 bits per heavy atom. The molecule has 2 aromatic carbocycles. The van der Waals surface area contributed by atoms with Crippen LogP contribution in [0.25, 0.3) is 0 Å². The molecule has 0 N–H and O–H groups in total. The maximum atomic E-state index is 6.20. The van der Waals surface area contributed by atoms with Crippen LogP contribution in [0.15, 0.2) is 60.7 Å². The summed E-state index contributed by atoms with van der Waals surface area (Å²) in [5, 5.41) is 0. The van der Waals surface area contributed by atoms with E-state index in [4.69, 9.17) is 28.4 Å². The number of hydrogen-bond donors (Lipinski definition) is 0. The SMILES string of the molecule is c1ccc(COCC2OCCCOCCOCCCO[C@H]2COCc2ccccc2)cc1. The van der Waals surface area contributed by atoms with Gasteiger partial charge in [-0.3, -0.25) is 0 Å². The lowest BCUT2D eigenvalue weighted by Gasteiger charge is -2.28. The van der Waals surface area contributed by atoms with Gasteiger partial charge in [0.25, 0.3) is 0 Å². The van der Waals surface area contributed by atoms with Gasteiger partial charge >= 0.3 is 0 Å². The van der Waals surface area contributed by atoms with Crippen molar-refractivity contribution < 1.29 is 28.4 Å². The van der Waals surface area contributed by atoms with E-state index < -0.39 is 0 Å². The molecule has 1 saturated heterocycles. The summed E-state index contributed by atoms with van der Waals surface area (Å²) in [5.41, 5.74) is 2.27. The van der Waals surface area contributed by atoms with Crippen molar-refractivity contribution >= 4 is 0 Å². The lowest BCUT2D eigenvalue weighted by molar-refractivity contribution is -0.135. The molecule has 3 rings (SSSR count). The molecular weight excluding hydrogens is 408 g/mol. The Morgan fingerprint density at radius 1 is 0.562 bits per heavy atom. The predicted octanol–water partition coefficient (Wildman–Crippen LogP) is 4.02. The zero-order valence-corrected chi connectivity index (χ0v) is 18.9. The van der Waals surface area contributed by atoms with E-state index >= 15 is 0 Å². The predicted molar refractivity (Wildman–Crippen MR) is 123 cm³/mol. The first kappa shape index (κ1) is 24.8. The van der Waals surface area contributed by atoms with Gasteiger partial charge in [0, 0.05) is 26.4 Å². The topological polar surface area (TPSA) is 55.4 Å². The fraction of sp³-hybridized carbons (Fsp3) is 0.538. The quantitative estimate of drug-likeness (QED) is 0.613. The summed E-state index contributed by atoms with van der Waals surface area (Å²) in [5.74, 6) is 0. The van der Waals surface area contributed by atoms with Gasteiger partial charge in [0.15, 0.2) is 0 Å². The Bertz CT molecular complexity index is 634.